The molecule has 2 rings (SSSR count). The molecule has 1 aromatic carbocycles. The van der Waals surface area contributed by atoms with Crippen LogP contribution in [0.2, 0.25) is 0 Å². The van der Waals surface area contributed by atoms with Crippen LogP contribution in [0.1, 0.15) is 36.5 Å². The van der Waals surface area contributed by atoms with E-state index in [0.717, 1.165) is 19.4 Å². The van der Waals surface area contributed by atoms with Crippen LogP contribution in [0.3, 0.4) is 0 Å². The topological polar surface area (TPSA) is 98.7 Å². The van der Waals surface area contributed by atoms with E-state index in [-0.39, 0.29) is 17.2 Å². The van der Waals surface area contributed by atoms with Gasteiger partial charge in [-0.05, 0) is 37.9 Å². The van der Waals surface area contributed by atoms with Gasteiger partial charge in [-0.3, -0.25) is 4.79 Å². The molecule has 0 bridgehead atoms. The third-order valence-corrected chi connectivity index (χ3v) is 3.77. The molecule has 6 heteroatoms. The summed E-state index contributed by atoms with van der Waals surface area (Å²) in [6.07, 6.45) is 2.40. The fourth-order valence-corrected chi connectivity index (χ4v) is 2.50. The van der Waals surface area contributed by atoms with Gasteiger partial charge in [0.2, 0.25) is 5.91 Å². The van der Waals surface area contributed by atoms with Crippen LogP contribution in [0.15, 0.2) is 18.2 Å². The predicted molar refractivity (Wildman–Crippen MR) is 74.0 cm³/mol. The molecule has 4 N–H and O–H groups in total. The van der Waals surface area contributed by atoms with Crippen LogP contribution < -0.4 is 10.6 Å². The highest BCUT2D eigenvalue weighted by atomic mass is 16.4. The summed E-state index contributed by atoms with van der Waals surface area (Å²) in [5.74, 6) is -1.72. The van der Waals surface area contributed by atoms with Crippen molar-refractivity contribution in [2.75, 3.05) is 11.9 Å². The maximum Gasteiger partial charge on any atom is 0.339 e. The lowest BCUT2D eigenvalue weighted by Gasteiger charge is -2.26. The van der Waals surface area contributed by atoms with E-state index in [0.29, 0.717) is 12.1 Å². The minimum Gasteiger partial charge on any atom is -0.507 e. The molecule has 1 atom stereocenters. The summed E-state index contributed by atoms with van der Waals surface area (Å²) in [6.45, 7) is 2.76. The van der Waals surface area contributed by atoms with Crippen molar-refractivity contribution in [3.63, 3.8) is 0 Å². The first-order valence-electron chi connectivity index (χ1n) is 6.61. The lowest BCUT2D eigenvalue weighted by molar-refractivity contribution is -0.122. The van der Waals surface area contributed by atoms with Crippen LogP contribution in [0.4, 0.5) is 5.69 Å². The number of amides is 1. The van der Waals surface area contributed by atoms with E-state index in [1.54, 1.807) is 0 Å². The Morgan fingerprint density at radius 1 is 1.45 bits per heavy atom. The van der Waals surface area contributed by atoms with Crippen LogP contribution in [0, 0.1) is 0 Å². The Morgan fingerprint density at radius 2 is 2.20 bits per heavy atom. The molecule has 1 amide bonds. The van der Waals surface area contributed by atoms with Gasteiger partial charge in [0.05, 0.1) is 5.54 Å². The van der Waals surface area contributed by atoms with Gasteiger partial charge in [-0.1, -0.05) is 6.92 Å². The minimum absolute atomic E-state index is 0.153. The van der Waals surface area contributed by atoms with E-state index in [9.17, 15) is 14.7 Å². The normalized spacial score (nSPS) is 21.6. The number of anilines is 1. The number of aromatic hydroxyl groups is 1. The van der Waals surface area contributed by atoms with Gasteiger partial charge >= 0.3 is 5.97 Å². The SMILES string of the molecule is CCC1(C(=O)Nc2ccc(C(=O)O)c(O)c2)CCCN1. The Kier molecular flexibility index (Phi) is 3.94. The molecule has 1 aliphatic heterocycles. The highest BCUT2D eigenvalue weighted by Crippen LogP contribution is 2.27. The van der Waals surface area contributed by atoms with Gasteiger partial charge in [0.25, 0.3) is 0 Å². The van der Waals surface area contributed by atoms with Gasteiger partial charge in [0, 0.05) is 11.8 Å². The average molecular weight is 278 g/mol. The quantitative estimate of drug-likeness (QED) is 0.670. The van der Waals surface area contributed by atoms with Gasteiger partial charge < -0.3 is 20.8 Å². The molecule has 108 valence electrons. The smallest absolute Gasteiger partial charge is 0.339 e. The van der Waals surface area contributed by atoms with Gasteiger partial charge in [0.1, 0.15) is 11.3 Å². The number of carboxylic acids is 1. The standard InChI is InChI=1S/C14H18N2O4/c1-2-14(6-3-7-15-14)13(20)16-9-4-5-10(12(18)19)11(17)8-9/h4-5,8,15,17H,2-3,6-7H2,1H3,(H,16,20)(H,18,19). The van der Waals surface area contributed by atoms with Gasteiger partial charge in [-0.2, -0.15) is 0 Å². The summed E-state index contributed by atoms with van der Waals surface area (Å²) < 4.78 is 0. The van der Waals surface area contributed by atoms with E-state index < -0.39 is 11.5 Å². The molecule has 0 aliphatic carbocycles. The number of carboxylic acid groups (broad SMARTS) is 1. The van der Waals surface area contributed by atoms with E-state index in [4.69, 9.17) is 5.11 Å². The minimum atomic E-state index is -1.21. The zero-order chi connectivity index (χ0) is 14.8. The number of nitrogens with one attached hydrogen (secondary N) is 2. The molecule has 20 heavy (non-hydrogen) atoms. The average Bonchev–Trinajstić information content (AvgIpc) is 2.88. The molecule has 1 heterocycles. The highest BCUT2D eigenvalue weighted by molar-refractivity contribution is 5.99. The third kappa shape index (κ3) is 2.60. The zero-order valence-corrected chi connectivity index (χ0v) is 11.3. The van der Waals surface area contributed by atoms with Crippen molar-refractivity contribution in [2.45, 2.75) is 31.7 Å². The van der Waals surface area contributed by atoms with E-state index in [1.807, 2.05) is 6.92 Å². The van der Waals surface area contributed by atoms with E-state index >= 15 is 0 Å². The highest BCUT2D eigenvalue weighted by Gasteiger charge is 2.39. The van der Waals surface area contributed by atoms with Crippen LogP contribution in [-0.2, 0) is 4.79 Å². The second-order valence-electron chi connectivity index (χ2n) is 4.96. The molecule has 0 spiro atoms. The lowest BCUT2D eigenvalue weighted by atomic mass is 9.93. The van der Waals surface area contributed by atoms with Crippen molar-refractivity contribution < 1.29 is 19.8 Å². The Bertz CT molecular complexity index is 536. The first kappa shape index (κ1) is 14.3. The monoisotopic (exact) mass is 278 g/mol. The van der Waals surface area contributed by atoms with Gasteiger partial charge in [0.15, 0.2) is 0 Å². The Hall–Kier alpha value is -2.08. The molecule has 1 unspecified atom stereocenters. The molecular formula is C14H18N2O4. The Morgan fingerprint density at radius 3 is 2.70 bits per heavy atom. The van der Waals surface area contributed by atoms with Crippen molar-refractivity contribution in [3.8, 4) is 5.75 Å². The van der Waals surface area contributed by atoms with Crippen LogP contribution >= 0.6 is 0 Å². The molecular weight excluding hydrogens is 260 g/mol. The summed E-state index contributed by atoms with van der Waals surface area (Å²) in [5.41, 5.74) is -0.368. The van der Waals surface area contributed by atoms with Crippen molar-refractivity contribution in [1.82, 2.24) is 5.32 Å². The number of aromatic carboxylic acids is 1. The summed E-state index contributed by atoms with van der Waals surface area (Å²) in [4.78, 5) is 23.1. The fourth-order valence-electron chi connectivity index (χ4n) is 2.50. The number of rotatable bonds is 4. The maximum absolute atomic E-state index is 12.3. The van der Waals surface area contributed by atoms with Gasteiger partial charge in [-0.25, -0.2) is 4.79 Å². The zero-order valence-electron chi connectivity index (χ0n) is 11.3. The van der Waals surface area contributed by atoms with Crippen molar-refractivity contribution >= 4 is 17.6 Å². The summed E-state index contributed by atoms with van der Waals surface area (Å²) in [7, 11) is 0. The van der Waals surface area contributed by atoms with Crippen LogP contribution in [-0.4, -0.2) is 34.2 Å². The number of hydrogen-bond acceptors (Lipinski definition) is 4. The molecule has 1 aliphatic rings. The molecule has 1 aromatic rings. The molecule has 0 radical (unpaired) electrons. The second-order valence-corrected chi connectivity index (χ2v) is 4.96. The van der Waals surface area contributed by atoms with Gasteiger partial charge in [-0.15, -0.1) is 0 Å². The molecule has 6 nitrogen and oxygen atoms in total. The Balaban J connectivity index is 2.16. The number of carbonyl (C=O) groups is 2. The summed E-state index contributed by atoms with van der Waals surface area (Å²) in [6, 6.07) is 3.99. The predicted octanol–water partition coefficient (Wildman–Crippen LogP) is 1.56. The first-order chi connectivity index (χ1) is 9.48. The fraction of sp³-hybridized carbons (Fsp3) is 0.429. The summed E-state index contributed by atoms with van der Waals surface area (Å²) in [5, 5.41) is 24.4. The molecule has 1 saturated heterocycles. The number of phenols is 1. The number of benzene rings is 1. The molecule has 0 saturated carbocycles. The Labute approximate surface area is 116 Å². The maximum atomic E-state index is 12.3. The molecule has 0 aromatic heterocycles. The van der Waals surface area contributed by atoms with Crippen LogP contribution in [0.25, 0.3) is 0 Å². The molecule has 1 fully saturated rings. The van der Waals surface area contributed by atoms with Crippen LogP contribution in [0.5, 0.6) is 5.75 Å². The number of hydrogen-bond donors (Lipinski definition) is 4. The lowest BCUT2D eigenvalue weighted by Crippen LogP contribution is -2.50. The second kappa shape index (κ2) is 5.50. The first-order valence-corrected chi connectivity index (χ1v) is 6.61. The third-order valence-electron chi connectivity index (χ3n) is 3.77. The van der Waals surface area contributed by atoms with E-state index in [2.05, 4.69) is 10.6 Å². The van der Waals surface area contributed by atoms with E-state index in [1.165, 1.54) is 18.2 Å². The number of carbonyl (C=O) groups excluding carboxylic acids is 1. The van der Waals surface area contributed by atoms with Crippen molar-refractivity contribution in [2.24, 2.45) is 0 Å². The largest absolute Gasteiger partial charge is 0.507 e. The van der Waals surface area contributed by atoms with Crippen molar-refractivity contribution in [1.29, 1.82) is 0 Å². The summed E-state index contributed by atoms with van der Waals surface area (Å²) >= 11 is 0. The van der Waals surface area contributed by atoms with Crippen molar-refractivity contribution in [3.05, 3.63) is 23.8 Å².